The molecule has 1 aromatic rings. The van der Waals surface area contributed by atoms with Gasteiger partial charge in [-0.2, -0.15) is 0 Å². The van der Waals surface area contributed by atoms with Crippen LogP contribution in [0, 0.1) is 0 Å². The zero-order valence-corrected chi connectivity index (χ0v) is 13.5. The Kier molecular flexibility index (Phi) is 4.38. The summed E-state index contributed by atoms with van der Waals surface area (Å²) in [5.41, 5.74) is 6.74. The molecule has 0 aliphatic heterocycles. The fourth-order valence-corrected chi connectivity index (χ4v) is 3.25. The third-order valence-electron chi connectivity index (χ3n) is 4.46. The van der Waals surface area contributed by atoms with Gasteiger partial charge >= 0.3 is 0 Å². The summed E-state index contributed by atoms with van der Waals surface area (Å²) in [6, 6.07) is 4.99. The lowest BCUT2D eigenvalue weighted by molar-refractivity contribution is 0.560. The molecule has 1 aliphatic rings. The van der Waals surface area contributed by atoms with Gasteiger partial charge < -0.3 is 0 Å². The van der Waals surface area contributed by atoms with E-state index >= 15 is 0 Å². The summed E-state index contributed by atoms with van der Waals surface area (Å²) in [5, 5.41) is 0. The first-order valence-corrected chi connectivity index (χ1v) is 8.06. The summed E-state index contributed by atoms with van der Waals surface area (Å²) in [7, 11) is 0. The normalized spacial score (nSPS) is 16.9. The van der Waals surface area contributed by atoms with E-state index < -0.39 is 0 Å². The Morgan fingerprint density at radius 2 is 1.53 bits per heavy atom. The number of fused-ring (bicyclic) bond motifs is 1. The van der Waals surface area contributed by atoms with Crippen molar-refractivity contribution in [1.29, 1.82) is 0 Å². The average Bonchev–Trinajstić information content (AvgIpc) is 2.27. The monoisotopic (exact) mass is 258 g/mol. The number of benzene rings is 1. The van der Waals surface area contributed by atoms with Crippen LogP contribution in [0.3, 0.4) is 0 Å². The molecular formula is C19H30. The molecule has 2 rings (SSSR count). The van der Waals surface area contributed by atoms with E-state index in [2.05, 4.69) is 46.8 Å². The molecule has 0 saturated carbocycles. The largest absolute Gasteiger partial charge is 0.0587 e. The third-order valence-corrected chi connectivity index (χ3v) is 4.46. The van der Waals surface area contributed by atoms with Crippen LogP contribution in [0.25, 0.3) is 0 Å². The highest BCUT2D eigenvalue weighted by atomic mass is 14.3. The Hall–Kier alpha value is -0.780. The van der Waals surface area contributed by atoms with Crippen molar-refractivity contribution in [3.8, 4) is 0 Å². The van der Waals surface area contributed by atoms with Crippen molar-refractivity contribution in [1.82, 2.24) is 0 Å². The van der Waals surface area contributed by atoms with Crippen LogP contribution in [0.15, 0.2) is 12.1 Å². The predicted octanol–water partition coefficient (Wildman–Crippen LogP) is 5.77. The van der Waals surface area contributed by atoms with Gasteiger partial charge in [0.1, 0.15) is 0 Å². The Morgan fingerprint density at radius 3 is 2.11 bits per heavy atom. The first-order valence-electron chi connectivity index (χ1n) is 8.06. The van der Waals surface area contributed by atoms with Gasteiger partial charge in [0, 0.05) is 0 Å². The van der Waals surface area contributed by atoms with Crippen LogP contribution in [0.4, 0.5) is 0 Å². The molecule has 0 atom stereocenters. The molecule has 1 aromatic carbocycles. The van der Waals surface area contributed by atoms with Crippen LogP contribution in [-0.4, -0.2) is 0 Å². The van der Waals surface area contributed by atoms with Gasteiger partial charge in [0.05, 0.1) is 0 Å². The minimum absolute atomic E-state index is 0.272. The number of hydrogen-bond acceptors (Lipinski definition) is 0. The Labute approximate surface area is 119 Å². The van der Waals surface area contributed by atoms with E-state index in [4.69, 9.17) is 0 Å². The van der Waals surface area contributed by atoms with Crippen LogP contribution < -0.4 is 0 Å². The second kappa shape index (κ2) is 5.69. The SMILES string of the molecule is CC(C)c1cc2c(c(C(C)(C)C)c1)CCCCCC2. The van der Waals surface area contributed by atoms with E-state index in [1.807, 2.05) is 0 Å². The molecule has 0 N–H and O–H groups in total. The van der Waals surface area contributed by atoms with Gasteiger partial charge in [-0.05, 0) is 59.3 Å². The second-order valence-electron chi connectivity index (χ2n) is 7.53. The molecule has 0 unspecified atom stereocenters. The summed E-state index contributed by atoms with van der Waals surface area (Å²) in [5.74, 6) is 0.636. The maximum absolute atomic E-state index is 2.50. The molecule has 106 valence electrons. The highest BCUT2D eigenvalue weighted by molar-refractivity contribution is 5.44. The van der Waals surface area contributed by atoms with Gasteiger partial charge in [-0.1, -0.05) is 59.6 Å². The number of hydrogen-bond donors (Lipinski definition) is 0. The van der Waals surface area contributed by atoms with E-state index in [1.54, 1.807) is 16.7 Å². The van der Waals surface area contributed by atoms with Crippen LogP contribution in [0.1, 0.15) is 88.5 Å². The molecule has 0 nitrogen and oxygen atoms in total. The third kappa shape index (κ3) is 3.41. The van der Waals surface area contributed by atoms with Crippen molar-refractivity contribution in [2.45, 2.75) is 84.5 Å². The lowest BCUT2D eigenvalue weighted by atomic mass is 9.77. The zero-order valence-electron chi connectivity index (χ0n) is 13.5. The highest BCUT2D eigenvalue weighted by Crippen LogP contribution is 2.34. The standard InChI is InChI=1S/C19H30/c1-14(2)16-12-15-10-8-6-7-9-11-17(15)18(13-16)19(3,4)5/h12-14H,6-11H2,1-5H3. The molecule has 19 heavy (non-hydrogen) atoms. The van der Waals surface area contributed by atoms with Crippen molar-refractivity contribution in [3.63, 3.8) is 0 Å². The van der Waals surface area contributed by atoms with Gasteiger partial charge in [-0.25, -0.2) is 0 Å². The van der Waals surface area contributed by atoms with Crippen molar-refractivity contribution in [2.75, 3.05) is 0 Å². The van der Waals surface area contributed by atoms with Crippen LogP contribution in [-0.2, 0) is 18.3 Å². The molecule has 0 aromatic heterocycles. The minimum atomic E-state index is 0.272. The minimum Gasteiger partial charge on any atom is -0.0587 e. The first kappa shape index (κ1) is 14.6. The van der Waals surface area contributed by atoms with E-state index in [1.165, 1.54) is 44.1 Å². The van der Waals surface area contributed by atoms with Crippen molar-refractivity contribution >= 4 is 0 Å². The second-order valence-corrected chi connectivity index (χ2v) is 7.53. The van der Waals surface area contributed by atoms with Crippen molar-refractivity contribution in [3.05, 3.63) is 34.4 Å². The first-order chi connectivity index (χ1) is 8.89. The predicted molar refractivity (Wildman–Crippen MR) is 85.1 cm³/mol. The van der Waals surface area contributed by atoms with Gasteiger partial charge in [0.25, 0.3) is 0 Å². The molecule has 0 saturated heterocycles. The molecule has 0 heteroatoms. The average molecular weight is 258 g/mol. The zero-order chi connectivity index (χ0) is 14.0. The maximum atomic E-state index is 2.50. The van der Waals surface area contributed by atoms with Crippen LogP contribution >= 0.6 is 0 Å². The Morgan fingerprint density at radius 1 is 0.895 bits per heavy atom. The van der Waals surface area contributed by atoms with Gasteiger partial charge in [0.2, 0.25) is 0 Å². The molecule has 0 bridgehead atoms. The van der Waals surface area contributed by atoms with E-state index in [9.17, 15) is 0 Å². The summed E-state index contributed by atoms with van der Waals surface area (Å²) in [6.45, 7) is 11.7. The lowest BCUT2D eigenvalue weighted by Crippen LogP contribution is -2.17. The van der Waals surface area contributed by atoms with Crippen LogP contribution in [0.5, 0.6) is 0 Å². The molecule has 0 fully saturated rings. The van der Waals surface area contributed by atoms with Gasteiger partial charge in [-0.15, -0.1) is 0 Å². The summed E-state index contributed by atoms with van der Waals surface area (Å²) in [6.07, 6.45) is 8.15. The molecule has 0 radical (unpaired) electrons. The number of rotatable bonds is 1. The van der Waals surface area contributed by atoms with Crippen molar-refractivity contribution in [2.24, 2.45) is 0 Å². The lowest BCUT2D eigenvalue weighted by Gasteiger charge is -2.28. The maximum Gasteiger partial charge on any atom is -0.0129 e. The summed E-state index contributed by atoms with van der Waals surface area (Å²) in [4.78, 5) is 0. The molecular weight excluding hydrogens is 228 g/mol. The van der Waals surface area contributed by atoms with Gasteiger partial charge in [-0.3, -0.25) is 0 Å². The molecule has 1 aliphatic carbocycles. The molecule has 0 spiro atoms. The van der Waals surface area contributed by atoms with E-state index in [-0.39, 0.29) is 5.41 Å². The van der Waals surface area contributed by atoms with Crippen molar-refractivity contribution < 1.29 is 0 Å². The smallest absolute Gasteiger partial charge is 0.0129 e. The van der Waals surface area contributed by atoms with Gasteiger partial charge in [0.15, 0.2) is 0 Å². The van der Waals surface area contributed by atoms with E-state index in [0.29, 0.717) is 5.92 Å². The highest BCUT2D eigenvalue weighted by Gasteiger charge is 2.22. The number of aryl methyl sites for hydroxylation is 1. The fraction of sp³-hybridized carbons (Fsp3) is 0.684. The topological polar surface area (TPSA) is 0 Å². The fourth-order valence-electron chi connectivity index (χ4n) is 3.25. The molecule has 0 amide bonds. The van der Waals surface area contributed by atoms with Crippen LogP contribution in [0.2, 0.25) is 0 Å². The Bertz CT molecular complexity index is 432. The summed E-state index contributed by atoms with van der Waals surface area (Å²) >= 11 is 0. The van der Waals surface area contributed by atoms with E-state index in [0.717, 1.165) is 0 Å². The summed E-state index contributed by atoms with van der Waals surface area (Å²) < 4.78 is 0. The quantitative estimate of drug-likeness (QED) is 0.600. The Balaban J connectivity index is 2.55. The molecule has 0 heterocycles.